The highest BCUT2D eigenvalue weighted by atomic mass is 32.2. The lowest BCUT2D eigenvalue weighted by Gasteiger charge is -2.33. The molecule has 40 heavy (non-hydrogen) atoms. The number of benzene rings is 3. The molecule has 0 unspecified atom stereocenters. The molecule has 0 fully saturated rings. The van der Waals surface area contributed by atoms with Crippen LogP contribution in [0.5, 0.6) is 5.75 Å². The molecule has 0 aliphatic heterocycles. The lowest BCUT2D eigenvalue weighted by atomic mass is 10.0. The van der Waals surface area contributed by atoms with Gasteiger partial charge in [0, 0.05) is 26.1 Å². The predicted molar refractivity (Wildman–Crippen MR) is 157 cm³/mol. The van der Waals surface area contributed by atoms with Gasteiger partial charge in [0.25, 0.3) is 0 Å². The van der Waals surface area contributed by atoms with Gasteiger partial charge in [0.2, 0.25) is 21.8 Å². The fourth-order valence-electron chi connectivity index (χ4n) is 4.22. The average Bonchev–Trinajstić information content (AvgIpc) is 2.94. The summed E-state index contributed by atoms with van der Waals surface area (Å²) in [5.74, 6) is 0.146. The number of nitrogens with zero attached hydrogens (tertiary/aromatic N) is 2. The molecule has 2 amide bonds. The van der Waals surface area contributed by atoms with Gasteiger partial charge in [-0.05, 0) is 34.7 Å². The first-order chi connectivity index (χ1) is 19.1. The Morgan fingerprint density at radius 2 is 1.38 bits per heavy atom. The van der Waals surface area contributed by atoms with E-state index in [2.05, 4.69) is 5.32 Å². The number of methoxy groups -OCH3 is 1. The van der Waals surface area contributed by atoms with E-state index >= 15 is 0 Å². The number of hydrogen-bond donors (Lipinski definition) is 1. The molecule has 0 spiro atoms. The second kappa shape index (κ2) is 14.6. The zero-order chi connectivity index (χ0) is 29.1. The van der Waals surface area contributed by atoms with Crippen LogP contribution in [-0.2, 0) is 39.1 Å². The SMILES string of the molecule is COc1ccc(CN(C(=O)CN(Cc2ccccc2)S(C)(=O)=O)[C@H](Cc2ccccc2)C(=O)NCC(C)C)cc1. The van der Waals surface area contributed by atoms with Crippen molar-refractivity contribution in [2.24, 2.45) is 5.92 Å². The van der Waals surface area contributed by atoms with Crippen molar-refractivity contribution in [2.75, 3.05) is 26.5 Å². The van der Waals surface area contributed by atoms with Crippen LogP contribution in [0.25, 0.3) is 0 Å². The number of carbonyl (C=O) groups is 2. The molecule has 3 aromatic carbocycles. The van der Waals surface area contributed by atoms with Crippen LogP contribution < -0.4 is 10.1 Å². The summed E-state index contributed by atoms with van der Waals surface area (Å²) in [5.41, 5.74) is 2.44. The lowest BCUT2D eigenvalue weighted by molar-refractivity contribution is -0.141. The van der Waals surface area contributed by atoms with Gasteiger partial charge in [-0.15, -0.1) is 0 Å². The van der Waals surface area contributed by atoms with Gasteiger partial charge in [-0.1, -0.05) is 86.6 Å². The Kier molecular flexibility index (Phi) is 11.3. The van der Waals surface area contributed by atoms with E-state index in [4.69, 9.17) is 4.74 Å². The smallest absolute Gasteiger partial charge is 0.243 e. The predicted octanol–water partition coefficient (Wildman–Crippen LogP) is 3.87. The molecule has 8 nitrogen and oxygen atoms in total. The fraction of sp³-hybridized carbons (Fsp3) is 0.355. The average molecular weight is 566 g/mol. The Morgan fingerprint density at radius 1 is 0.825 bits per heavy atom. The van der Waals surface area contributed by atoms with Gasteiger partial charge in [0.05, 0.1) is 19.9 Å². The number of amides is 2. The molecular weight excluding hydrogens is 526 g/mol. The van der Waals surface area contributed by atoms with E-state index in [0.717, 1.165) is 27.3 Å². The van der Waals surface area contributed by atoms with Crippen LogP contribution in [0.3, 0.4) is 0 Å². The van der Waals surface area contributed by atoms with Gasteiger partial charge in [0.1, 0.15) is 11.8 Å². The van der Waals surface area contributed by atoms with Crippen molar-refractivity contribution in [1.82, 2.24) is 14.5 Å². The third kappa shape index (κ3) is 9.50. The van der Waals surface area contributed by atoms with Crippen LogP contribution in [0.1, 0.15) is 30.5 Å². The first-order valence-electron chi connectivity index (χ1n) is 13.3. The summed E-state index contributed by atoms with van der Waals surface area (Å²) in [4.78, 5) is 29.1. The van der Waals surface area contributed by atoms with Crippen LogP contribution in [-0.4, -0.2) is 61.9 Å². The van der Waals surface area contributed by atoms with Crippen LogP contribution in [0.4, 0.5) is 0 Å². The summed E-state index contributed by atoms with van der Waals surface area (Å²) < 4.78 is 31.9. The molecule has 1 N–H and O–H groups in total. The van der Waals surface area contributed by atoms with Gasteiger partial charge >= 0.3 is 0 Å². The topological polar surface area (TPSA) is 96.0 Å². The van der Waals surface area contributed by atoms with Gasteiger partial charge in [-0.2, -0.15) is 4.31 Å². The minimum absolute atomic E-state index is 0.0463. The summed E-state index contributed by atoms with van der Waals surface area (Å²) in [6.45, 7) is 4.23. The molecule has 214 valence electrons. The molecule has 9 heteroatoms. The Labute approximate surface area is 238 Å². The normalized spacial score (nSPS) is 12.2. The van der Waals surface area contributed by atoms with E-state index in [0.29, 0.717) is 12.3 Å². The summed E-state index contributed by atoms with van der Waals surface area (Å²) >= 11 is 0. The van der Waals surface area contributed by atoms with E-state index in [-0.39, 0.29) is 31.3 Å². The second-order valence-corrected chi connectivity index (χ2v) is 12.2. The Bertz CT molecular complexity index is 1330. The van der Waals surface area contributed by atoms with E-state index in [1.54, 1.807) is 19.2 Å². The monoisotopic (exact) mass is 565 g/mol. The lowest BCUT2D eigenvalue weighted by Crippen LogP contribution is -2.53. The highest BCUT2D eigenvalue weighted by Gasteiger charge is 2.33. The van der Waals surface area contributed by atoms with Crippen molar-refractivity contribution in [1.29, 1.82) is 0 Å². The molecule has 0 bridgehead atoms. The van der Waals surface area contributed by atoms with Gasteiger partial charge < -0.3 is 15.0 Å². The van der Waals surface area contributed by atoms with Crippen LogP contribution in [0.15, 0.2) is 84.9 Å². The van der Waals surface area contributed by atoms with E-state index in [9.17, 15) is 18.0 Å². The standard InChI is InChI=1S/C31H39N3O5S/c1-24(2)20-32-31(36)29(19-25-11-7-5-8-12-25)34(22-27-15-17-28(39-3)18-16-27)30(35)23-33(40(4,37)38)21-26-13-9-6-10-14-26/h5-18,24,29H,19-23H2,1-4H3,(H,32,36)/t29-/m1/s1. The van der Waals surface area contributed by atoms with Gasteiger partial charge in [-0.3, -0.25) is 9.59 Å². The molecule has 0 aliphatic rings. The maximum atomic E-state index is 14.0. The molecular formula is C31H39N3O5S. The molecule has 0 aromatic heterocycles. The van der Waals surface area contributed by atoms with E-state index in [1.165, 1.54) is 4.90 Å². The van der Waals surface area contributed by atoms with Crippen molar-refractivity contribution in [3.05, 3.63) is 102 Å². The van der Waals surface area contributed by atoms with Crippen molar-refractivity contribution < 1.29 is 22.7 Å². The molecule has 0 aliphatic carbocycles. The Balaban J connectivity index is 1.99. The van der Waals surface area contributed by atoms with Crippen molar-refractivity contribution >= 4 is 21.8 Å². The fourth-order valence-corrected chi connectivity index (χ4v) is 4.95. The third-order valence-corrected chi connectivity index (χ3v) is 7.65. The zero-order valence-electron chi connectivity index (χ0n) is 23.6. The number of hydrogen-bond acceptors (Lipinski definition) is 5. The summed E-state index contributed by atoms with van der Waals surface area (Å²) in [6, 6.07) is 25.0. The highest BCUT2D eigenvalue weighted by Crippen LogP contribution is 2.19. The molecule has 3 rings (SSSR count). The molecule has 0 saturated carbocycles. The number of rotatable bonds is 14. The maximum Gasteiger partial charge on any atom is 0.243 e. The third-order valence-electron chi connectivity index (χ3n) is 6.45. The molecule has 3 aromatic rings. The molecule has 0 heterocycles. The van der Waals surface area contributed by atoms with Crippen LogP contribution in [0.2, 0.25) is 0 Å². The van der Waals surface area contributed by atoms with Crippen molar-refractivity contribution in [3.63, 3.8) is 0 Å². The second-order valence-electron chi connectivity index (χ2n) is 10.2. The number of ether oxygens (including phenoxy) is 1. The summed E-state index contributed by atoms with van der Waals surface area (Å²) in [7, 11) is -2.16. The first kappa shape index (κ1) is 30.8. The first-order valence-corrected chi connectivity index (χ1v) is 15.1. The highest BCUT2D eigenvalue weighted by molar-refractivity contribution is 7.88. The van der Waals surface area contributed by atoms with Crippen molar-refractivity contribution in [2.45, 2.75) is 39.4 Å². The van der Waals surface area contributed by atoms with Gasteiger partial charge in [0.15, 0.2) is 0 Å². The molecule has 0 radical (unpaired) electrons. The van der Waals surface area contributed by atoms with Crippen LogP contribution in [0, 0.1) is 5.92 Å². The molecule has 1 atom stereocenters. The number of nitrogens with one attached hydrogen (secondary N) is 1. The largest absolute Gasteiger partial charge is 0.497 e. The minimum Gasteiger partial charge on any atom is -0.497 e. The van der Waals surface area contributed by atoms with Crippen molar-refractivity contribution in [3.8, 4) is 5.75 Å². The number of carbonyl (C=O) groups excluding carboxylic acids is 2. The molecule has 0 saturated heterocycles. The minimum atomic E-state index is -3.73. The van der Waals surface area contributed by atoms with Crippen LogP contribution >= 0.6 is 0 Å². The number of sulfonamides is 1. The maximum absolute atomic E-state index is 14.0. The Morgan fingerprint density at radius 3 is 1.90 bits per heavy atom. The van der Waals surface area contributed by atoms with E-state index < -0.39 is 28.5 Å². The summed E-state index contributed by atoms with van der Waals surface area (Å²) in [5, 5.41) is 2.98. The van der Waals surface area contributed by atoms with Gasteiger partial charge in [-0.25, -0.2) is 8.42 Å². The zero-order valence-corrected chi connectivity index (χ0v) is 24.4. The quantitative estimate of drug-likeness (QED) is 0.320. The van der Waals surface area contributed by atoms with E-state index in [1.807, 2.05) is 86.6 Å². The summed E-state index contributed by atoms with van der Waals surface area (Å²) in [6.07, 6.45) is 1.37. The Hall–Kier alpha value is -3.69.